The number of nitro groups is 2. The van der Waals surface area contributed by atoms with Gasteiger partial charge in [0.1, 0.15) is 6.04 Å². The van der Waals surface area contributed by atoms with Crippen LogP contribution in [0.5, 0.6) is 0 Å². The van der Waals surface area contributed by atoms with E-state index in [1.54, 1.807) is 20.8 Å². The third-order valence-corrected chi connectivity index (χ3v) is 2.55. The molecular formula is C12H18N4O6. The molecule has 0 spiro atoms. The molecule has 10 nitrogen and oxygen atoms in total. The molecule has 1 aromatic carbocycles. The Hall–Kier alpha value is -2.75. The molecule has 0 heterocycles. The molecule has 0 aromatic heterocycles. The van der Waals surface area contributed by atoms with Crippen LogP contribution in [0.2, 0.25) is 0 Å². The van der Waals surface area contributed by atoms with E-state index in [-0.39, 0.29) is 22.5 Å². The maximum absolute atomic E-state index is 10.3. The molecule has 0 fully saturated rings. The van der Waals surface area contributed by atoms with Gasteiger partial charge in [-0.05, 0) is 5.41 Å². The fourth-order valence-corrected chi connectivity index (χ4v) is 1.20. The molecule has 10 heteroatoms. The van der Waals surface area contributed by atoms with E-state index < -0.39 is 21.9 Å². The summed E-state index contributed by atoms with van der Waals surface area (Å²) in [5.74, 6) is -0.942. The number of hydrogen-bond acceptors (Lipinski definition) is 7. The molecule has 0 saturated carbocycles. The molecule has 0 radical (unpaired) electrons. The lowest BCUT2D eigenvalue weighted by molar-refractivity contribution is -0.394. The number of benzene rings is 1. The number of carboxylic acids is 1. The predicted octanol–water partition coefficient (Wildman–Crippen LogP) is 1.53. The van der Waals surface area contributed by atoms with Crippen molar-refractivity contribution in [1.29, 1.82) is 0 Å². The van der Waals surface area contributed by atoms with Gasteiger partial charge in [0.05, 0.1) is 15.9 Å². The van der Waals surface area contributed by atoms with Gasteiger partial charge in [-0.2, -0.15) is 0 Å². The van der Waals surface area contributed by atoms with E-state index in [1.807, 2.05) is 0 Å². The first kappa shape index (κ1) is 19.2. The number of anilines is 1. The van der Waals surface area contributed by atoms with Crippen LogP contribution < -0.4 is 11.5 Å². The number of rotatable bonds is 3. The molecule has 0 aliphatic rings. The van der Waals surface area contributed by atoms with E-state index in [4.69, 9.17) is 16.6 Å². The van der Waals surface area contributed by atoms with Crippen molar-refractivity contribution in [2.75, 3.05) is 5.73 Å². The van der Waals surface area contributed by atoms with E-state index in [0.717, 1.165) is 18.2 Å². The number of nitrogens with two attached hydrogens (primary N) is 2. The first-order valence-corrected chi connectivity index (χ1v) is 6.04. The molecule has 0 aliphatic carbocycles. The maximum atomic E-state index is 10.3. The average molecular weight is 314 g/mol. The Morgan fingerprint density at radius 2 is 1.50 bits per heavy atom. The summed E-state index contributed by atoms with van der Waals surface area (Å²) in [5.41, 5.74) is 9.41. The van der Waals surface area contributed by atoms with Crippen LogP contribution in [0.1, 0.15) is 20.8 Å². The number of hydrogen-bond donors (Lipinski definition) is 3. The van der Waals surface area contributed by atoms with Crippen LogP contribution >= 0.6 is 0 Å². The number of non-ortho nitro benzene ring substituents is 2. The zero-order valence-corrected chi connectivity index (χ0v) is 12.3. The molecule has 5 N–H and O–H groups in total. The van der Waals surface area contributed by atoms with Crippen molar-refractivity contribution < 1.29 is 19.7 Å². The fraction of sp³-hybridized carbons (Fsp3) is 0.417. The standard InChI is InChI=1S/C6H5N3O4.C6H13NO2/c7-4-1-5(8(10)11)3-6(2-4)9(12)13;1-6(2,3)4(7)5(8)9/h1-3H,7H2;4H,7H2,1-3H3,(H,8,9)/t;4-/m.1/s1. The fourth-order valence-electron chi connectivity index (χ4n) is 1.20. The second-order valence-electron chi connectivity index (χ2n) is 5.48. The Bertz CT molecular complexity index is 549. The third kappa shape index (κ3) is 6.13. The minimum Gasteiger partial charge on any atom is -0.480 e. The Balaban J connectivity index is 0.000000433. The monoisotopic (exact) mass is 314 g/mol. The Morgan fingerprint density at radius 3 is 1.68 bits per heavy atom. The summed E-state index contributed by atoms with van der Waals surface area (Å²) in [6, 6.07) is 2.22. The van der Waals surface area contributed by atoms with Gasteiger partial charge in [0.15, 0.2) is 0 Å². The van der Waals surface area contributed by atoms with Gasteiger partial charge in [0, 0.05) is 17.8 Å². The summed E-state index contributed by atoms with van der Waals surface area (Å²) < 4.78 is 0. The number of aliphatic carboxylic acids is 1. The molecule has 1 aromatic rings. The van der Waals surface area contributed by atoms with Crippen molar-refractivity contribution in [2.24, 2.45) is 11.1 Å². The van der Waals surface area contributed by atoms with Crippen LogP contribution in [-0.4, -0.2) is 27.0 Å². The summed E-state index contributed by atoms with van der Waals surface area (Å²) >= 11 is 0. The molecule has 1 rings (SSSR count). The zero-order valence-electron chi connectivity index (χ0n) is 12.3. The predicted molar refractivity (Wildman–Crippen MR) is 79.2 cm³/mol. The van der Waals surface area contributed by atoms with Crippen LogP contribution in [-0.2, 0) is 4.79 Å². The van der Waals surface area contributed by atoms with Gasteiger partial charge in [-0.25, -0.2) is 0 Å². The minimum atomic E-state index is -0.942. The zero-order chi connectivity index (χ0) is 17.7. The van der Waals surface area contributed by atoms with Crippen molar-refractivity contribution >= 4 is 23.0 Å². The van der Waals surface area contributed by atoms with Gasteiger partial charge in [-0.3, -0.25) is 25.0 Å². The lowest BCUT2D eigenvalue weighted by Gasteiger charge is -2.22. The van der Waals surface area contributed by atoms with Gasteiger partial charge >= 0.3 is 5.97 Å². The molecule has 22 heavy (non-hydrogen) atoms. The van der Waals surface area contributed by atoms with Gasteiger partial charge in [0.2, 0.25) is 0 Å². The third-order valence-electron chi connectivity index (χ3n) is 2.55. The first-order valence-electron chi connectivity index (χ1n) is 6.04. The summed E-state index contributed by atoms with van der Waals surface area (Å²) in [6.07, 6.45) is 0. The van der Waals surface area contributed by atoms with Gasteiger partial charge in [-0.15, -0.1) is 0 Å². The van der Waals surface area contributed by atoms with Gasteiger partial charge < -0.3 is 16.6 Å². The first-order chi connectivity index (χ1) is 9.86. The molecule has 0 unspecified atom stereocenters. The molecule has 1 atom stereocenters. The van der Waals surface area contributed by atoms with Crippen molar-refractivity contribution in [3.05, 3.63) is 38.4 Å². The minimum absolute atomic E-state index is 0.000833. The van der Waals surface area contributed by atoms with Gasteiger partial charge in [0.25, 0.3) is 11.4 Å². The average Bonchev–Trinajstić information content (AvgIpc) is 2.36. The summed E-state index contributed by atoms with van der Waals surface area (Å²) in [6.45, 7) is 5.39. The van der Waals surface area contributed by atoms with Gasteiger partial charge in [-0.1, -0.05) is 20.8 Å². The number of carboxylic acid groups (broad SMARTS) is 1. The summed E-state index contributed by atoms with van der Waals surface area (Å²) in [7, 11) is 0. The van der Waals surface area contributed by atoms with Crippen molar-refractivity contribution in [3.8, 4) is 0 Å². The maximum Gasteiger partial charge on any atom is 0.321 e. The number of nitrogen functional groups attached to an aromatic ring is 1. The highest BCUT2D eigenvalue weighted by atomic mass is 16.6. The number of nitro benzene ring substituents is 2. The highest BCUT2D eigenvalue weighted by Gasteiger charge is 2.26. The SMILES string of the molecule is CC(C)(C)[C@H](N)C(=O)O.Nc1cc([N+](=O)[O-])cc([N+](=O)[O-])c1. The summed E-state index contributed by atoms with van der Waals surface area (Å²) in [4.78, 5) is 29.3. The Kier molecular flexibility index (Phi) is 6.40. The number of nitrogens with zero attached hydrogens (tertiary/aromatic N) is 2. The van der Waals surface area contributed by atoms with E-state index >= 15 is 0 Å². The lowest BCUT2D eigenvalue weighted by atomic mass is 9.88. The van der Waals surface area contributed by atoms with Crippen LogP contribution in [0.3, 0.4) is 0 Å². The largest absolute Gasteiger partial charge is 0.480 e. The molecular weight excluding hydrogens is 296 g/mol. The van der Waals surface area contributed by atoms with Crippen molar-refractivity contribution in [2.45, 2.75) is 26.8 Å². The molecule has 122 valence electrons. The topological polar surface area (TPSA) is 176 Å². The van der Waals surface area contributed by atoms with E-state index in [2.05, 4.69) is 0 Å². The Morgan fingerprint density at radius 1 is 1.14 bits per heavy atom. The normalized spacial score (nSPS) is 11.8. The van der Waals surface area contributed by atoms with E-state index in [0.29, 0.717) is 0 Å². The van der Waals surface area contributed by atoms with Crippen LogP contribution in [0.4, 0.5) is 17.1 Å². The van der Waals surface area contributed by atoms with Crippen molar-refractivity contribution in [3.63, 3.8) is 0 Å². The molecule has 0 saturated heterocycles. The highest BCUT2D eigenvalue weighted by molar-refractivity contribution is 5.74. The Labute approximate surface area is 126 Å². The summed E-state index contributed by atoms with van der Waals surface area (Å²) in [5, 5.41) is 28.9. The lowest BCUT2D eigenvalue weighted by Crippen LogP contribution is -2.41. The van der Waals surface area contributed by atoms with Crippen molar-refractivity contribution in [1.82, 2.24) is 0 Å². The molecule has 0 bridgehead atoms. The van der Waals surface area contributed by atoms with Crippen LogP contribution in [0, 0.1) is 25.6 Å². The van der Waals surface area contributed by atoms with E-state index in [1.165, 1.54) is 0 Å². The molecule has 0 aliphatic heterocycles. The highest BCUT2D eigenvalue weighted by Crippen LogP contribution is 2.23. The van der Waals surface area contributed by atoms with Crippen LogP contribution in [0.25, 0.3) is 0 Å². The second kappa shape index (κ2) is 7.31. The quantitative estimate of drug-likeness (QED) is 0.427. The van der Waals surface area contributed by atoms with Crippen LogP contribution in [0.15, 0.2) is 18.2 Å². The smallest absolute Gasteiger partial charge is 0.321 e. The molecule has 0 amide bonds. The second-order valence-corrected chi connectivity index (χ2v) is 5.48. The van der Waals surface area contributed by atoms with E-state index in [9.17, 15) is 25.0 Å². The number of carbonyl (C=O) groups is 1.